The quantitative estimate of drug-likeness (QED) is 0.566. The van der Waals surface area contributed by atoms with Crippen LogP contribution in [0, 0.1) is 5.82 Å². The summed E-state index contributed by atoms with van der Waals surface area (Å²) in [5, 5.41) is 0. The van der Waals surface area contributed by atoms with Gasteiger partial charge in [0.05, 0.1) is 17.9 Å². The van der Waals surface area contributed by atoms with E-state index in [4.69, 9.17) is 10.5 Å². The molecule has 0 saturated heterocycles. The number of halogens is 1. The van der Waals surface area contributed by atoms with Crippen LogP contribution in [0.2, 0.25) is 0 Å². The van der Waals surface area contributed by atoms with Crippen LogP contribution in [0.3, 0.4) is 0 Å². The van der Waals surface area contributed by atoms with Gasteiger partial charge >= 0.3 is 5.97 Å². The number of carbonyl (C=O) groups excluding carboxylic acids is 2. The van der Waals surface area contributed by atoms with Crippen LogP contribution in [0.25, 0.3) is 17.2 Å². The van der Waals surface area contributed by atoms with Gasteiger partial charge in [0.2, 0.25) is 5.91 Å². The van der Waals surface area contributed by atoms with Gasteiger partial charge < -0.3 is 15.4 Å². The van der Waals surface area contributed by atoms with Crippen molar-refractivity contribution in [3.05, 3.63) is 58.9 Å². The van der Waals surface area contributed by atoms with Crippen LogP contribution < -0.4 is 5.73 Å². The molecule has 6 nitrogen and oxygen atoms in total. The summed E-state index contributed by atoms with van der Waals surface area (Å²) in [5.74, 6) is -1.01. The van der Waals surface area contributed by atoms with Gasteiger partial charge in [-0.05, 0) is 55.2 Å². The van der Waals surface area contributed by atoms with Gasteiger partial charge in [-0.2, -0.15) is 0 Å². The molecule has 0 saturated carbocycles. The van der Waals surface area contributed by atoms with Gasteiger partial charge in [-0.3, -0.25) is 4.79 Å². The number of nitrogens with two attached hydrogens (primary N) is 1. The number of amidine groups is 1. The molecule has 1 heterocycles. The summed E-state index contributed by atoms with van der Waals surface area (Å²) in [6.07, 6.45) is 3.88. The van der Waals surface area contributed by atoms with Crippen molar-refractivity contribution in [2.24, 2.45) is 10.7 Å². The molecule has 0 fully saturated rings. The highest BCUT2D eigenvalue weighted by Crippen LogP contribution is 2.32. The number of rotatable bonds is 8. The maximum atomic E-state index is 14.5. The Morgan fingerprint density at radius 1 is 1.06 bits per heavy atom. The van der Waals surface area contributed by atoms with E-state index in [9.17, 15) is 14.0 Å². The molecular formula is C26H30FN3O3. The SMILES string of the molecule is CCCN(CCC)C(=O)C1=Cc2ccc(-c3ccc(C(=O)OCC)c(F)c3)cc2N=C(N)C1. The number of hydrogen-bond donors (Lipinski definition) is 1. The van der Waals surface area contributed by atoms with Crippen molar-refractivity contribution in [1.82, 2.24) is 4.90 Å². The molecule has 0 spiro atoms. The number of carbonyl (C=O) groups is 2. The molecule has 2 N–H and O–H groups in total. The van der Waals surface area contributed by atoms with Crippen molar-refractivity contribution in [2.45, 2.75) is 40.0 Å². The highest BCUT2D eigenvalue weighted by Gasteiger charge is 2.21. The number of nitrogens with zero attached hydrogens (tertiary/aromatic N) is 2. The third-order valence-electron chi connectivity index (χ3n) is 5.34. The zero-order chi connectivity index (χ0) is 24.0. The van der Waals surface area contributed by atoms with Gasteiger partial charge in [-0.1, -0.05) is 32.0 Å². The molecule has 3 rings (SSSR count). The van der Waals surface area contributed by atoms with Gasteiger partial charge in [-0.15, -0.1) is 0 Å². The first-order chi connectivity index (χ1) is 15.9. The number of ether oxygens (including phenoxy) is 1. The average Bonchev–Trinajstić information content (AvgIpc) is 2.95. The maximum Gasteiger partial charge on any atom is 0.341 e. The van der Waals surface area contributed by atoms with Gasteiger partial charge in [0.15, 0.2) is 0 Å². The Morgan fingerprint density at radius 3 is 2.36 bits per heavy atom. The van der Waals surface area contributed by atoms with Crippen molar-refractivity contribution in [2.75, 3.05) is 19.7 Å². The fourth-order valence-electron chi connectivity index (χ4n) is 3.83. The molecule has 7 heteroatoms. The first-order valence-electron chi connectivity index (χ1n) is 11.3. The smallest absolute Gasteiger partial charge is 0.341 e. The molecule has 0 aromatic heterocycles. The second-order valence-electron chi connectivity index (χ2n) is 7.93. The molecule has 1 aliphatic rings. The lowest BCUT2D eigenvalue weighted by atomic mass is 9.99. The molecule has 174 valence electrons. The monoisotopic (exact) mass is 451 g/mol. The number of aliphatic imine (C=N–C) groups is 1. The van der Waals surface area contributed by atoms with E-state index in [1.165, 1.54) is 12.1 Å². The van der Waals surface area contributed by atoms with E-state index < -0.39 is 11.8 Å². The van der Waals surface area contributed by atoms with Crippen LogP contribution in [0.4, 0.5) is 10.1 Å². The third-order valence-corrected chi connectivity index (χ3v) is 5.34. The summed E-state index contributed by atoms with van der Waals surface area (Å²) >= 11 is 0. The Balaban J connectivity index is 1.94. The second kappa shape index (κ2) is 10.9. The highest BCUT2D eigenvalue weighted by atomic mass is 19.1. The average molecular weight is 452 g/mol. The molecular weight excluding hydrogens is 421 g/mol. The Morgan fingerprint density at radius 2 is 1.73 bits per heavy atom. The van der Waals surface area contributed by atoms with E-state index in [-0.39, 0.29) is 24.5 Å². The summed E-state index contributed by atoms with van der Waals surface area (Å²) in [6.45, 7) is 7.33. The topological polar surface area (TPSA) is 85.0 Å². The molecule has 0 atom stereocenters. The first-order valence-corrected chi connectivity index (χ1v) is 11.3. The van der Waals surface area contributed by atoms with Crippen LogP contribution in [0.15, 0.2) is 47.0 Å². The molecule has 0 unspecified atom stereocenters. The van der Waals surface area contributed by atoms with Crippen LogP contribution in [0.5, 0.6) is 0 Å². The fraction of sp³-hybridized carbons (Fsp3) is 0.346. The van der Waals surface area contributed by atoms with Crippen molar-refractivity contribution in [1.29, 1.82) is 0 Å². The predicted octanol–water partition coefficient (Wildman–Crippen LogP) is 5.09. The molecule has 2 aromatic carbocycles. The number of fused-ring (bicyclic) bond motifs is 1. The lowest BCUT2D eigenvalue weighted by molar-refractivity contribution is -0.127. The van der Waals surface area contributed by atoms with Crippen molar-refractivity contribution in [3.8, 4) is 11.1 Å². The van der Waals surface area contributed by atoms with Crippen LogP contribution >= 0.6 is 0 Å². The number of esters is 1. The van der Waals surface area contributed by atoms with Crippen molar-refractivity contribution >= 4 is 29.5 Å². The predicted molar refractivity (Wildman–Crippen MR) is 129 cm³/mol. The minimum Gasteiger partial charge on any atom is -0.462 e. The zero-order valence-electron chi connectivity index (χ0n) is 19.4. The zero-order valence-corrected chi connectivity index (χ0v) is 19.4. The molecule has 2 aromatic rings. The Labute approximate surface area is 193 Å². The Kier molecular flexibility index (Phi) is 7.98. The van der Waals surface area contributed by atoms with E-state index in [1.54, 1.807) is 19.1 Å². The van der Waals surface area contributed by atoms with E-state index in [2.05, 4.69) is 4.99 Å². The van der Waals surface area contributed by atoms with E-state index in [0.29, 0.717) is 35.7 Å². The van der Waals surface area contributed by atoms with Crippen LogP contribution in [-0.4, -0.2) is 42.3 Å². The minimum atomic E-state index is -0.691. The lowest BCUT2D eigenvalue weighted by Crippen LogP contribution is -2.34. The number of benzene rings is 2. The van der Waals surface area contributed by atoms with Crippen molar-refractivity contribution < 1.29 is 18.7 Å². The summed E-state index contributed by atoms with van der Waals surface area (Å²) in [6, 6.07) is 9.87. The minimum absolute atomic E-state index is 0.0228. The van der Waals surface area contributed by atoms with Crippen LogP contribution in [0.1, 0.15) is 56.0 Å². The normalized spacial score (nSPS) is 12.8. The van der Waals surface area contributed by atoms with E-state index >= 15 is 0 Å². The van der Waals surface area contributed by atoms with Gasteiger partial charge in [0.1, 0.15) is 11.7 Å². The molecule has 33 heavy (non-hydrogen) atoms. The lowest BCUT2D eigenvalue weighted by Gasteiger charge is -2.22. The van der Waals surface area contributed by atoms with Gasteiger partial charge in [0.25, 0.3) is 0 Å². The largest absolute Gasteiger partial charge is 0.462 e. The van der Waals surface area contributed by atoms with Crippen molar-refractivity contribution in [3.63, 3.8) is 0 Å². The summed E-state index contributed by atoms with van der Waals surface area (Å²) in [5.41, 5.74) is 9.36. The third kappa shape index (κ3) is 5.66. The molecule has 0 aliphatic carbocycles. The van der Waals surface area contributed by atoms with E-state index in [1.807, 2.05) is 37.0 Å². The summed E-state index contributed by atoms with van der Waals surface area (Å²) in [7, 11) is 0. The second-order valence-corrected chi connectivity index (χ2v) is 7.93. The molecule has 0 bridgehead atoms. The molecule has 1 amide bonds. The fourth-order valence-corrected chi connectivity index (χ4v) is 3.83. The maximum absolute atomic E-state index is 14.5. The molecule has 0 radical (unpaired) electrons. The first kappa shape index (κ1) is 24.2. The van der Waals surface area contributed by atoms with E-state index in [0.717, 1.165) is 24.0 Å². The summed E-state index contributed by atoms with van der Waals surface area (Å²) in [4.78, 5) is 31.3. The number of amides is 1. The molecule has 1 aliphatic heterocycles. The summed E-state index contributed by atoms with van der Waals surface area (Å²) < 4.78 is 19.4. The Bertz CT molecular complexity index is 1100. The Hall–Kier alpha value is -3.48. The van der Waals surface area contributed by atoms with Crippen LogP contribution in [-0.2, 0) is 9.53 Å². The standard InChI is InChI=1S/C26H30FN3O3/c1-4-11-30(12-5-2)25(31)20-13-19-8-7-18(15-23(19)29-24(28)16-20)17-9-10-21(22(27)14-17)26(32)33-6-3/h7-10,13-15H,4-6,11-12,16H2,1-3H3,(H2,28,29). The van der Waals surface area contributed by atoms with Gasteiger partial charge in [0, 0.05) is 30.6 Å². The van der Waals surface area contributed by atoms with Gasteiger partial charge in [-0.25, -0.2) is 14.2 Å². The highest BCUT2D eigenvalue weighted by molar-refractivity contribution is 6.05. The number of hydrogen-bond acceptors (Lipinski definition) is 5.